The van der Waals surface area contributed by atoms with Crippen LogP contribution in [0, 0.1) is 0 Å². The lowest BCUT2D eigenvalue weighted by Crippen LogP contribution is -2.48. The van der Waals surface area contributed by atoms with E-state index in [0.29, 0.717) is 6.42 Å². The lowest BCUT2D eigenvalue weighted by molar-refractivity contribution is -0.131. The third-order valence-electron chi connectivity index (χ3n) is 8.96. The van der Waals surface area contributed by atoms with E-state index in [9.17, 15) is 20.1 Å². The van der Waals surface area contributed by atoms with Gasteiger partial charge in [-0.3, -0.25) is 4.79 Å². The van der Waals surface area contributed by atoms with Gasteiger partial charge in [0.25, 0.3) is 0 Å². The summed E-state index contributed by atoms with van der Waals surface area (Å²) in [5.41, 5.74) is 0. The summed E-state index contributed by atoms with van der Waals surface area (Å²) >= 11 is 0. The molecule has 0 bridgehead atoms. The highest BCUT2D eigenvalue weighted by atomic mass is 16.3. The second kappa shape index (κ2) is 36.4. The minimum absolute atomic E-state index is 0.380. The predicted octanol–water partition coefficient (Wildman–Crippen LogP) is 10.8. The molecule has 1 amide bonds. The van der Waals surface area contributed by atoms with Crippen LogP contribution >= 0.6 is 0 Å². The third-order valence-corrected chi connectivity index (χ3v) is 8.96. The molecule has 0 aliphatic heterocycles. The number of rotatable bonds is 35. The summed E-state index contributed by atoms with van der Waals surface area (Å²) in [5, 5.41) is 33.0. The van der Waals surface area contributed by atoms with Crippen molar-refractivity contribution in [2.75, 3.05) is 6.61 Å². The second-order valence-corrected chi connectivity index (χ2v) is 13.5. The molecule has 3 atom stereocenters. The predicted molar refractivity (Wildman–Crippen MR) is 199 cm³/mol. The maximum absolute atomic E-state index is 12.4. The molecule has 0 saturated carbocycles. The maximum Gasteiger partial charge on any atom is 0.249 e. The van der Waals surface area contributed by atoms with Crippen LogP contribution in [-0.4, -0.2) is 46.1 Å². The smallest absolute Gasteiger partial charge is 0.249 e. The van der Waals surface area contributed by atoms with Gasteiger partial charge in [-0.2, -0.15) is 0 Å². The molecule has 4 N–H and O–H groups in total. The lowest BCUT2D eigenvalue weighted by Gasteiger charge is -2.21. The molecule has 0 heterocycles. The zero-order valence-corrected chi connectivity index (χ0v) is 30.5. The second-order valence-electron chi connectivity index (χ2n) is 13.5. The number of amides is 1. The number of hydrogen-bond acceptors (Lipinski definition) is 4. The first-order valence-electron chi connectivity index (χ1n) is 19.8. The number of aliphatic hydroxyl groups is 3. The molecular formula is C41H77NO4. The minimum atomic E-state index is -1.10. The number of carbonyl (C=O) groups excluding carboxylic acids is 1. The van der Waals surface area contributed by atoms with E-state index in [2.05, 4.69) is 43.5 Å². The highest BCUT2D eigenvalue weighted by Crippen LogP contribution is 2.14. The molecule has 0 aliphatic rings. The minimum Gasteiger partial charge on any atom is -0.394 e. The van der Waals surface area contributed by atoms with E-state index in [1.807, 2.05) is 6.08 Å². The molecule has 3 unspecified atom stereocenters. The first-order valence-corrected chi connectivity index (χ1v) is 19.8. The molecule has 270 valence electrons. The number of aliphatic hydroxyl groups excluding tert-OH is 3. The Kier molecular flexibility index (Phi) is 35.3. The normalized spacial score (nSPS) is 14.1. The van der Waals surface area contributed by atoms with Crippen LogP contribution in [-0.2, 0) is 4.79 Å². The van der Waals surface area contributed by atoms with E-state index >= 15 is 0 Å². The van der Waals surface area contributed by atoms with Crippen molar-refractivity contribution in [2.24, 2.45) is 0 Å². The van der Waals surface area contributed by atoms with Crippen LogP contribution in [0.3, 0.4) is 0 Å². The molecule has 0 radical (unpaired) electrons. The van der Waals surface area contributed by atoms with Crippen molar-refractivity contribution in [3.05, 3.63) is 36.5 Å². The van der Waals surface area contributed by atoms with E-state index in [1.54, 1.807) is 6.08 Å². The van der Waals surface area contributed by atoms with E-state index < -0.39 is 24.2 Å². The first-order chi connectivity index (χ1) is 22.6. The van der Waals surface area contributed by atoms with Gasteiger partial charge in [0.15, 0.2) is 0 Å². The summed E-state index contributed by atoms with van der Waals surface area (Å²) in [7, 11) is 0. The van der Waals surface area contributed by atoms with Crippen molar-refractivity contribution in [2.45, 2.75) is 212 Å². The summed E-state index contributed by atoms with van der Waals surface area (Å²) in [4.78, 5) is 12.4. The Morgan fingerprint density at radius 3 is 1.33 bits per heavy atom. The average molecular weight is 648 g/mol. The first kappa shape index (κ1) is 44.6. The van der Waals surface area contributed by atoms with Crippen LogP contribution in [0.5, 0.6) is 0 Å². The van der Waals surface area contributed by atoms with Gasteiger partial charge in [-0.25, -0.2) is 0 Å². The zero-order chi connectivity index (χ0) is 33.8. The van der Waals surface area contributed by atoms with Crippen LogP contribution in [0.15, 0.2) is 36.5 Å². The highest BCUT2D eigenvalue weighted by molar-refractivity contribution is 5.80. The summed E-state index contributed by atoms with van der Waals surface area (Å²) in [6.07, 6.45) is 44.5. The molecule has 0 saturated heterocycles. The molecule has 0 aromatic carbocycles. The molecule has 46 heavy (non-hydrogen) atoms. The van der Waals surface area contributed by atoms with Crippen LogP contribution in [0.25, 0.3) is 0 Å². The van der Waals surface area contributed by atoms with Gasteiger partial charge in [-0.15, -0.1) is 0 Å². The van der Waals surface area contributed by atoms with Gasteiger partial charge in [-0.1, -0.05) is 185 Å². The van der Waals surface area contributed by atoms with Gasteiger partial charge < -0.3 is 20.6 Å². The molecule has 0 aromatic rings. The van der Waals surface area contributed by atoms with Crippen molar-refractivity contribution >= 4 is 5.91 Å². The van der Waals surface area contributed by atoms with E-state index in [1.165, 1.54) is 128 Å². The van der Waals surface area contributed by atoms with Gasteiger partial charge in [0.2, 0.25) is 5.91 Å². The Morgan fingerprint density at radius 2 is 0.891 bits per heavy atom. The molecule has 0 spiro atoms. The molecule has 5 nitrogen and oxygen atoms in total. The molecule has 5 heteroatoms. The van der Waals surface area contributed by atoms with Gasteiger partial charge >= 0.3 is 0 Å². The van der Waals surface area contributed by atoms with Gasteiger partial charge in [0.05, 0.1) is 18.8 Å². The number of allylic oxidation sites excluding steroid dienone is 5. The topological polar surface area (TPSA) is 89.8 Å². The number of hydrogen-bond donors (Lipinski definition) is 4. The fraction of sp³-hybridized carbons (Fsp3) is 0.829. The molecule has 0 fully saturated rings. The van der Waals surface area contributed by atoms with E-state index in [4.69, 9.17) is 0 Å². The highest BCUT2D eigenvalue weighted by Gasteiger charge is 2.22. The van der Waals surface area contributed by atoms with Crippen LogP contribution in [0.1, 0.15) is 194 Å². The van der Waals surface area contributed by atoms with Crippen LogP contribution < -0.4 is 5.32 Å². The zero-order valence-electron chi connectivity index (χ0n) is 30.5. The Hall–Kier alpha value is -1.43. The van der Waals surface area contributed by atoms with Crippen molar-refractivity contribution < 1.29 is 20.1 Å². The number of carbonyl (C=O) groups is 1. The number of unbranched alkanes of at least 4 members (excludes halogenated alkanes) is 23. The standard InChI is InChI=1S/C41H77NO4/c1-3-5-7-9-11-13-15-17-19-20-22-23-25-27-29-31-33-35-39(44)38(37-43)42-41(46)40(45)36-34-32-30-28-26-24-21-18-16-14-12-10-8-6-4-2/h19-20,25,27,33,35,38-40,43-45H,3-18,21-24,26,28-32,34,36-37H2,1-2H3,(H,42,46)/b20-19+,27-25+,35-33+. The summed E-state index contributed by atoms with van der Waals surface area (Å²) in [6.45, 7) is 4.15. The summed E-state index contributed by atoms with van der Waals surface area (Å²) < 4.78 is 0. The third kappa shape index (κ3) is 31.2. The van der Waals surface area contributed by atoms with Crippen LogP contribution in [0.2, 0.25) is 0 Å². The Labute approximate surface area is 285 Å². The van der Waals surface area contributed by atoms with Crippen molar-refractivity contribution in [3.8, 4) is 0 Å². The SMILES string of the molecule is CCCCCCCCC/C=C/CC/C=C/CC/C=C/C(O)C(CO)NC(=O)C(O)CCCCCCCCCCCCCCCCC. The van der Waals surface area contributed by atoms with Crippen molar-refractivity contribution in [3.63, 3.8) is 0 Å². The molecule has 0 aliphatic carbocycles. The average Bonchev–Trinajstić information content (AvgIpc) is 3.06. The van der Waals surface area contributed by atoms with Gasteiger partial charge in [-0.05, 0) is 44.9 Å². The largest absolute Gasteiger partial charge is 0.394 e. The molecule has 0 aromatic heterocycles. The van der Waals surface area contributed by atoms with Crippen LogP contribution in [0.4, 0.5) is 0 Å². The summed E-state index contributed by atoms with van der Waals surface area (Å²) in [5.74, 6) is -0.517. The van der Waals surface area contributed by atoms with Crippen molar-refractivity contribution in [1.82, 2.24) is 5.32 Å². The fourth-order valence-electron chi connectivity index (χ4n) is 5.80. The van der Waals surface area contributed by atoms with E-state index in [-0.39, 0.29) is 6.61 Å². The van der Waals surface area contributed by atoms with Gasteiger partial charge in [0, 0.05) is 0 Å². The van der Waals surface area contributed by atoms with Gasteiger partial charge in [0.1, 0.15) is 6.10 Å². The fourth-order valence-corrected chi connectivity index (χ4v) is 5.80. The Balaban J connectivity index is 3.79. The molecular weight excluding hydrogens is 570 g/mol. The molecule has 0 rings (SSSR count). The van der Waals surface area contributed by atoms with E-state index in [0.717, 1.165) is 44.9 Å². The van der Waals surface area contributed by atoms with Crippen molar-refractivity contribution in [1.29, 1.82) is 0 Å². The monoisotopic (exact) mass is 648 g/mol. The summed E-state index contributed by atoms with van der Waals surface area (Å²) in [6, 6.07) is -0.817. The lowest BCUT2D eigenvalue weighted by atomic mass is 10.0. The maximum atomic E-state index is 12.4. The quantitative estimate of drug-likeness (QED) is 0.0407. The Morgan fingerprint density at radius 1 is 0.522 bits per heavy atom. The Bertz CT molecular complexity index is 719. The number of nitrogens with one attached hydrogen (secondary N) is 1.